The summed E-state index contributed by atoms with van der Waals surface area (Å²) in [5.41, 5.74) is 0.527. The highest BCUT2D eigenvalue weighted by Crippen LogP contribution is 2.40. The van der Waals surface area contributed by atoms with Crippen LogP contribution in [0.4, 0.5) is 11.5 Å². The van der Waals surface area contributed by atoms with Crippen LogP contribution in [0.15, 0.2) is 76.1 Å². The molecule has 0 radical (unpaired) electrons. The van der Waals surface area contributed by atoms with Crippen molar-refractivity contribution in [3.05, 3.63) is 109 Å². The van der Waals surface area contributed by atoms with E-state index in [-0.39, 0.29) is 28.3 Å². The predicted molar refractivity (Wildman–Crippen MR) is 113 cm³/mol. The smallest absolute Gasteiger partial charge is 0.296 e. The third-order valence-electron chi connectivity index (χ3n) is 5.16. The SMILES string of the molecule is O=C1c2oc3ccccc3c(=O)c2C(c2ccc([N+](=O)[O-])cc2)N1c1ccc(Cl)cn1. The minimum Gasteiger partial charge on any atom is -0.450 e. The number of nitro groups is 1. The van der Waals surface area contributed by atoms with Crippen LogP contribution in [0.25, 0.3) is 11.0 Å². The van der Waals surface area contributed by atoms with Gasteiger partial charge in [-0.05, 0) is 42.0 Å². The third-order valence-corrected chi connectivity index (χ3v) is 5.38. The summed E-state index contributed by atoms with van der Waals surface area (Å²) >= 11 is 5.94. The Morgan fingerprint density at radius 1 is 1.03 bits per heavy atom. The molecule has 9 heteroatoms. The van der Waals surface area contributed by atoms with Crippen LogP contribution in [0.5, 0.6) is 0 Å². The molecule has 1 aliphatic rings. The minimum absolute atomic E-state index is 0.0798. The molecule has 1 unspecified atom stereocenters. The standard InChI is InChI=1S/C22H12ClN3O5/c23-13-7-10-17(24-11-13)25-19(12-5-8-14(9-6-12)26(29)30)18-20(27)15-3-1-2-4-16(15)31-21(18)22(25)28/h1-11,19H. The highest BCUT2D eigenvalue weighted by Gasteiger charge is 2.44. The van der Waals surface area contributed by atoms with Crippen molar-refractivity contribution < 1.29 is 14.1 Å². The Morgan fingerprint density at radius 2 is 1.77 bits per heavy atom. The summed E-state index contributed by atoms with van der Waals surface area (Å²) < 4.78 is 5.83. The number of non-ortho nitro benzene ring substituents is 1. The number of halogens is 1. The first-order chi connectivity index (χ1) is 15.0. The number of amides is 1. The van der Waals surface area contributed by atoms with Gasteiger partial charge in [-0.1, -0.05) is 23.7 Å². The molecule has 31 heavy (non-hydrogen) atoms. The first-order valence-electron chi connectivity index (χ1n) is 9.21. The van der Waals surface area contributed by atoms with E-state index >= 15 is 0 Å². The molecule has 0 aliphatic carbocycles. The summed E-state index contributed by atoms with van der Waals surface area (Å²) in [5, 5.41) is 11.8. The van der Waals surface area contributed by atoms with E-state index in [2.05, 4.69) is 4.98 Å². The number of hydrogen-bond acceptors (Lipinski definition) is 6. The van der Waals surface area contributed by atoms with Gasteiger partial charge in [0.25, 0.3) is 11.6 Å². The number of rotatable bonds is 3. The fourth-order valence-corrected chi connectivity index (χ4v) is 3.87. The second-order valence-electron chi connectivity index (χ2n) is 6.93. The lowest BCUT2D eigenvalue weighted by molar-refractivity contribution is -0.384. The van der Waals surface area contributed by atoms with Crippen molar-refractivity contribution in [3.8, 4) is 0 Å². The first kappa shape index (κ1) is 19.0. The predicted octanol–water partition coefficient (Wildman–Crippen LogP) is 4.50. The molecule has 2 aromatic carbocycles. The molecule has 1 atom stereocenters. The van der Waals surface area contributed by atoms with Crippen molar-refractivity contribution in [1.29, 1.82) is 0 Å². The molecule has 0 bridgehead atoms. The van der Waals surface area contributed by atoms with Crippen molar-refractivity contribution in [1.82, 2.24) is 4.98 Å². The van der Waals surface area contributed by atoms with Gasteiger partial charge in [-0.3, -0.25) is 24.6 Å². The summed E-state index contributed by atoms with van der Waals surface area (Å²) in [6.07, 6.45) is 1.39. The van der Waals surface area contributed by atoms with Crippen LogP contribution >= 0.6 is 11.6 Å². The molecule has 4 aromatic rings. The van der Waals surface area contributed by atoms with Crippen molar-refractivity contribution in [2.75, 3.05) is 4.90 Å². The second-order valence-corrected chi connectivity index (χ2v) is 7.37. The molecular weight excluding hydrogens is 422 g/mol. The van der Waals surface area contributed by atoms with Crippen LogP contribution in [0.2, 0.25) is 5.02 Å². The largest absolute Gasteiger partial charge is 0.450 e. The highest BCUT2D eigenvalue weighted by atomic mass is 35.5. The van der Waals surface area contributed by atoms with Crippen LogP contribution < -0.4 is 10.3 Å². The monoisotopic (exact) mass is 433 g/mol. The van der Waals surface area contributed by atoms with Crippen molar-refractivity contribution in [2.45, 2.75) is 6.04 Å². The van der Waals surface area contributed by atoms with Crippen molar-refractivity contribution >= 4 is 40.0 Å². The van der Waals surface area contributed by atoms with E-state index < -0.39 is 16.9 Å². The number of aromatic nitrogens is 1. The molecule has 2 aromatic heterocycles. The summed E-state index contributed by atoms with van der Waals surface area (Å²) in [6.45, 7) is 0. The Morgan fingerprint density at radius 3 is 2.45 bits per heavy atom. The lowest BCUT2D eigenvalue weighted by atomic mass is 9.98. The normalized spacial score (nSPS) is 15.3. The molecule has 5 rings (SSSR count). The average molecular weight is 434 g/mol. The van der Waals surface area contributed by atoms with Gasteiger partial charge in [0.15, 0.2) is 5.43 Å². The molecule has 8 nitrogen and oxygen atoms in total. The molecule has 0 N–H and O–H groups in total. The number of hydrogen-bond donors (Lipinski definition) is 0. The number of nitro benzene ring substituents is 1. The van der Waals surface area contributed by atoms with Gasteiger partial charge in [0.1, 0.15) is 11.4 Å². The molecule has 1 aliphatic heterocycles. The Hall–Kier alpha value is -4.04. The van der Waals surface area contributed by atoms with E-state index in [1.807, 2.05) is 0 Å². The van der Waals surface area contributed by atoms with Gasteiger partial charge in [0.2, 0.25) is 5.76 Å². The summed E-state index contributed by atoms with van der Waals surface area (Å²) in [6, 6.07) is 14.6. The molecule has 3 heterocycles. The molecular formula is C22H12ClN3O5. The molecule has 0 fully saturated rings. The zero-order valence-corrected chi connectivity index (χ0v) is 16.4. The number of fused-ring (bicyclic) bond motifs is 2. The van der Waals surface area contributed by atoms with E-state index in [0.29, 0.717) is 21.6 Å². The fourth-order valence-electron chi connectivity index (χ4n) is 3.76. The quantitative estimate of drug-likeness (QED) is 0.348. The van der Waals surface area contributed by atoms with Crippen LogP contribution in [-0.2, 0) is 0 Å². The zero-order valence-electron chi connectivity index (χ0n) is 15.7. The highest BCUT2D eigenvalue weighted by molar-refractivity contribution is 6.30. The maximum atomic E-state index is 13.4. The molecule has 0 saturated heterocycles. The number of pyridine rings is 1. The maximum absolute atomic E-state index is 13.4. The number of carbonyl (C=O) groups is 1. The third kappa shape index (κ3) is 2.96. The van der Waals surface area contributed by atoms with E-state index in [1.54, 1.807) is 36.4 Å². The molecule has 152 valence electrons. The first-order valence-corrected chi connectivity index (χ1v) is 9.58. The topological polar surface area (TPSA) is 107 Å². The molecule has 0 spiro atoms. The number of para-hydroxylation sites is 1. The van der Waals surface area contributed by atoms with Gasteiger partial charge in [-0.25, -0.2) is 4.98 Å². The number of nitrogens with zero attached hydrogens (tertiary/aromatic N) is 3. The van der Waals surface area contributed by atoms with Crippen molar-refractivity contribution in [2.24, 2.45) is 0 Å². The van der Waals surface area contributed by atoms with E-state index in [4.69, 9.17) is 16.0 Å². The number of anilines is 1. The van der Waals surface area contributed by atoms with Gasteiger partial charge in [0, 0.05) is 18.3 Å². The van der Waals surface area contributed by atoms with Crippen LogP contribution in [0, 0.1) is 10.1 Å². The minimum atomic E-state index is -0.863. The van der Waals surface area contributed by atoms with Gasteiger partial charge < -0.3 is 4.42 Å². The fraction of sp³-hybridized carbons (Fsp3) is 0.0455. The van der Waals surface area contributed by atoms with Crippen LogP contribution in [-0.4, -0.2) is 15.8 Å². The van der Waals surface area contributed by atoms with Crippen LogP contribution in [0.1, 0.15) is 27.7 Å². The van der Waals surface area contributed by atoms with Crippen molar-refractivity contribution in [3.63, 3.8) is 0 Å². The lowest BCUT2D eigenvalue weighted by Crippen LogP contribution is -2.30. The average Bonchev–Trinajstić information content (AvgIpc) is 3.07. The van der Waals surface area contributed by atoms with Crippen LogP contribution in [0.3, 0.4) is 0 Å². The number of carbonyl (C=O) groups excluding carboxylic acids is 1. The Kier molecular flexibility index (Phi) is 4.30. The van der Waals surface area contributed by atoms with Gasteiger partial charge >= 0.3 is 0 Å². The molecule has 0 saturated carbocycles. The second kappa shape index (κ2) is 7.03. The zero-order chi connectivity index (χ0) is 21.7. The Bertz CT molecular complexity index is 1410. The van der Waals surface area contributed by atoms with E-state index in [1.165, 1.54) is 35.4 Å². The summed E-state index contributed by atoms with van der Waals surface area (Å²) in [5.74, 6) is -0.340. The van der Waals surface area contributed by atoms with Gasteiger partial charge in [0.05, 0.1) is 26.9 Å². The Balaban J connectivity index is 1.78. The summed E-state index contributed by atoms with van der Waals surface area (Å²) in [4.78, 5) is 42.8. The van der Waals surface area contributed by atoms with Gasteiger partial charge in [-0.15, -0.1) is 0 Å². The Labute approximate surface area is 179 Å². The molecule has 1 amide bonds. The lowest BCUT2D eigenvalue weighted by Gasteiger charge is -2.24. The van der Waals surface area contributed by atoms with E-state index in [9.17, 15) is 19.7 Å². The number of benzene rings is 2. The van der Waals surface area contributed by atoms with E-state index in [0.717, 1.165) is 0 Å². The summed E-state index contributed by atoms with van der Waals surface area (Å²) in [7, 11) is 0. The van der Waals surface area contributed by atoms with Gasteiger partial charge in [-0.2, -0.15) is 0 Å². The maximum Gasteiger partial charge on any atom is 0.296 e.